The SMILES string of the molecule is Brc1nccn1CC1CCCO1. The highest BCUT2D eigenvalue weighted by atomic mass is 79.9. The summed E-state index contributed by atoms with van der Waals surface area (Å²) in [4.78, 5) is 4.08. The Bertz CT molecular complexity index is 255. The first-order valence-electron chi connectivity index (χ1n) is 4.14. The third kappa shape index (κ3) is 1.69. The van der Waals surface area contributed by atoms with E-state index >= 15 is 0 Å². The normalized spacial score (nSPS) is 23.2. The second-order valence-electron chi connectivity index (χ2n) is 2.98. The van der Waals surface area contributed by atoms with Crippen molar-refractivity contribution in [1.29, 1.82) is 0 Å². The third-order valence-electron chi connectivity index (χ3n) is 2.09. The van der Waals surface area contributed by atoms with E-state index in [9.17, 15) is 0 Å². The Morgan fingerprint density at radius 1 is 1.75 bits per heavy atom. The van der Waals surface area contributed by atoms with Crippen LogP contribution >= 0.6 is 15.9 Å². The number of hydrogen-bond donors (Lipinski definition) is 0. The molecule has 4 heteroatoms. The van der Waals surface area contributed by atoms with Gasteiger partial charge >= 0.3 is 0 Å². The fraction of sp³-hybridized carbons (Fsp3) is 0.625. The zero-order valence-electron chi connectivity index (χ0n) is 6.74. The zero-order valence-corrected chi connectivity index (χ0v) is 8.33. The number of aromatic nitrogens is 2. The number of halogens is 1. The van der Waals surface area contributed by atoms with E-state index in [-0.39, 0.29) is 0 Å². The highest BCUT2D eigenvalue weighted by Gasteiger charge is 2.16. The summed E-state index contributed by atoms with van der Waals surface area (Å²) in [5.74, 6) is 0. The summed E-state index contributed by atoms with van der Waals surface area (Å²) >= 11 is 3.37. The van der Waals surface area contributed by atoms with E-state index in [1.807, 2.05) is 6.20 Å². The van der Waals surface area contributed by atoms with Gasteiger partial charge in [0.1, 0.15) is 0 Å². The number of rotatable bonds is 2. The Morgan fingerprint density at radius 2 is 2.67 bits per heavy atom. The molecule has 1 atom stereocenters. The lowest BCUT2D eigenvalue weighted by molar-refractivity contribution is 0.0964. The molecule has 0 N–H and O–H groups in total. The van der Waals surface area contributed by atoms with Crippen molar-refractivity contribution in [3.8, 4) is 0 Å². The molecule has 0 aromatic carbocycles. The molecule has 0 radical (unpaired) electrons. The molecule has 0 saturated carbocycles. The first-order valence-corrected chi connectivity index (χ1v) is 4.94. The lowest BCUT2D eigenvalue weighted by Crippen LogP contribution is -2.14. The molecule has 12 heavy (non-hydrogen) atoms. The Hall–Kier alpha value is -0.350. The van der Waals surface area contributed by atoms with Crippen LogP contribution in [0.15, 0.2) is 17.1 Å². The van der Waals surface area contributed by atoms with E-state index in [2.05, 4.69) is 25.5 Å². The summed E-state index contributed by atoms with van der Waals surface area (Å²) in [6.07, 6.45) is 6.50. The molecule has 3 nitrogen and oxygen atoms in total. The van der Waals surface area contributed by atoms with Gasteiger partial charge in [-0.05, 0) is 28.8 Å². The Morgan fingerprint density at radius 3 is 3.25 bits per heavy atom. The van der Waals surface area contributed by atoms with Crippen LogP contribution in [0.4, 0.5) is 0 Å². The lowest BCUT2D eigenvalue weighted by Gasteiger charge is -2.10. The van der Waals surface area contributed by atoms with E-state index in [0.717, 1.165) is 17.9 Å². The minimum Gasteiger partial charge on any atom is -0.376 e. The van der Waals surface area contributed by atoms with Gasteiger partial charge in [0, 0.05) is 19.0 Å². The quantitative estimate of drug-likeness (QED) is 0.776. The Balaban J connectivity index is 1.98. The molecule has 0 bridgehead atoms. The summed E-state index contributed by atoms with van der Waals surface area (Å²) in [6, 6.07) is 0. The lowest BCUT2D eigenvalue weighted by atomic mass is 10.2. The van der Waals surface area contributed by atoms with E-state index < -0.39 is 0 Å². The number of imidazole rings is 1. The molecular weight excluding hydrogens is 220 g/mol. The summed E-state index contributed by atoms with van der Waals surface area (Å²) in [6.45, 7) is 1.83. The van der Waals surface area contributed by atoms with Crippen molar-refractivity contribution in [2.75, 3.05) is 6.61 Å². The fourth-order valence-corrected chi connectivity index (χ4v) is 1.84. The average Bonchev–Trinajstić information content (AvgIpc) is 2.65. The van der Waals surface area contributed by atoms with Crippen molar-refractivity contribution in [3.05, 3.63) is 17.1 Å². The van der Waals surface area contributed by atoms with Gasteiger partial charge in [-0.1, -0.05) is 0 Å². The second-order valence-corrected chi connectivity index (χ2v) is 3.69. The van der Waals surface area contributed by atoms with Crippen LogP contribution in [-0.2, 0) is 11.3 Å². The smallest absolute Gasteiger partial charge is 0.177 e. The molecule has 66 valence electrons. The Labute approximate surface area is 79.9 Å². The van der Waals surface area contributed by atoms with Gasteiger partial charge in [0.05, 0.1) is 12.6 Å². The van der Waals surface area contributed by atoms with Crippen LogP contribution < -0.4 is 0 Å². The monoisotopic (exact) mass is 230 g/mol. The maximum Gasteiger partial charge on any atom is 0.177 e. The molecule has 2 rings (SSSR count). The molecule has 0 aliphatic carbocycles. The minimum atomic E-state index is 0.385. The average molecular weight is 231 g/mol. The highest BCUT2D eigenvalue weighted by Crippen LogP contribution is 2.16. The van der Waals surface area contributed by atoms with Crippen molar-refractivity contribution in [1.82, 2.24) is 9.55 Å². The van der Waals surface area contributed by atoms with Gasteiger partial charge in [0.2, 0.25) is 0 Å². The minimum absolute atomic E-state index is 0.385. The van der Waals surface area contributed by atoms with Gasteiger partial charge in [-0.2, -0.15) is 0 Å². The van der Waals surface area contributed by atoms with Gasteiger partial charge in [0.15, 0.2) is 4.73 Å². The highest BCUT2D eigenvalue weighted by molar-refractivity contribution is 9.10. The molecular formula is C8H11BrN2O. The summed E-state index contributed by atoms with van der Waals surface area (Å²) < 4.78 is 8.46. The standard InChI is InChI=1S/C8H11BrN2O/c9-8-10-3-4-11(8)6-7-2-1-5-12-7/h3-4,7H,1-2,5-6H2. The summed E-state index contributed by atoms with van der Waals surface area (Å²) in [5.41, 5.74) is 0. The molecule has 0 amide bonds. The van der Waals surface area contributed by atoms with Gasteiger partial charge in [-0.25, -0.2) is 4.98 Å². The predicted octanol–water partition coefficient (Wildman–Crippen LogP) is 1.82. The number of ether oxygens (including phenoxy) is 1. The van der Waals surface area contributed by atoms with E-state index in [1.54, 1.807) is 6.20 Å². The third-order valence-corrected chi connectivity index (χ3v) is 2.75. The van der Waals surface area contributed by atoms with Gasteiger partial charge in [0.25, 0.3) is 0 Å². The van der Waals surface area contributed by atoms with Gasteiger partial charge < -0.3 is 9.30 Å². The van der Waals surface area contributed by atoms with Crippen molar-refractivity contribution < 1.29 is 4.74 Å². The van der Waals surface area contributed by atoms with Crippen LogP contribution in [0.2, 0.25) is 0 Å². The van der Waals surface area contributed by atoms with E-state index in [1.165, 1.54) is 12.8 Å². The van der Waals surface area contributed by atoms with Crippen molar-refractivity contribution >= 4 is 15.9 Å². The first kappa shape index (κ1) is 8.26. The molecule has 1 unspecified atom stereocenters. The van der Waals surface area contributed by atoms with Gasteiger partial charge in [-0.15, -0.1) is 0 Å². The van der Waals surface area contributed by atoms with Crippen molar-refractivity contribution in [2.45, 2.75) is 25.5 Å². The van der Waals surface area contributed by atoms with Gasteiger partial charge in [-0.3, -0.25) is 0 Å². The predicted molar refractivity (Wildman–Crippen MR) is 48.9 cm³/mol. The molecule has 1 saturated heterocycles. The molecule has 0 spiro atoms. The van der Waals surface area contributed by atoms with Crippen LogP contribution in [0.3, 0.4) is 0 Å². The topological polar surface area (TPSA) is 27.1 Å². The maximum absolute atomic E-state index is 5.51. The molecule has 1 aliphatic rings. The van der Waals surface area contributed by atoms with E-state index in [0.29, 0.717) is 6.10 Å². The fourth-order valence-electron chi connectivity index (χ4n) is 1.45. The van der Waals surface area contributed by atoms with Crippen molar-refractivity contribution in [2.24, 2.45) is 0 Å². The number of hydrogen-bond acceptors (Lipinski definition) is 2. The van der Waals surface area contributed by atoms with E-state index in [4.69, 9.17) is 4.74 Å². The van der Waals surface area contributed by atoms with Crippen molar-refractivity contribution in [3.63, 3.8) is 0 Å². The summed E-state index contributed by atoms with van der Waals surface area (Å²) in [5, 5.41) is 0. The molecule has 2 heterocycles. The van der Waals surface area contributed by atoms with Crippen LogP contribution in [0, 0.1) is 0 Å². The molecule has 1 fully saturated rings. The van der Waals surface area contributed by atoms with Crippen LogP contribution in [-0.4, -0.2) is 22.3 Å². The van der Waals surface area contributed by atoms with Crippen LogP contribution in [0.5, 0.6) is 0 Å². The maximum atomic E-state index is 5.51. The Kier molecular flexibility index (Phi) is 2.46. The largest absolute Gasteiger partial charge is 0.376 e. The van der Waals surface area contributed by atoms with Crippen LogP contribution in [0.1, 0.15) is 12.8 Å². The molecule has 1 aromatic heterocycles. The first-order chi connectivity index (χ1) is 5.86. The molecule has 1 aliphatic heterocycles. The molecule has 1 aromatic rings. The second kappa shape index (κ2) is 3.58. The zero-order chi connectivity index (χ0) is 8.39. The summed E-state index contributed by atoms with van der Waals surface area (Å²) in [7, 11) is 0. The number of nitrogens with zero attached hydrogens (tertiary/aromatic N) is 2. The van der Waals surface area contributed by atoms with Crippen LogP contribution in [0.25, 0.3) is 0 Å².